The van der Waals surface area contributed by atoms with Crippen LogP contribution in [-0.4, -0.2) is 17.7 Å². The van der Waals surface area contributed by atoms with Crippen LogP contribution in [0.4, 0.5) is 14.5 Å². The van der Waals surface area contributed by atoms with Crippen molar-refractivity contribution < 1.29 is 13.6 Å². The molecule has 23 heavy (non-hydrogen) atoms. The summed E-state index contributed by atoms with van der Waals surface area (Å²) in [7, 11) is 0. The van der Waals surface area contributed by atoms with E-state index < -0.39 is 16.9 Å². The normalized spacial score (nSPS) is 15.2. The molecule has 2 aromatic rings. The standard InChI is InChI=1S/C18H17F2NOS/c1-12(23-17-9-8-14(19)11-15(17)20)18(22)21-10-4-6-13-5-2-3-7-16(13)21/h2-3,5,7-9,11-12H,4,6,10H2,1H3. The fourth-order valence-corrected chi connectivity index (χ4v) is 3.72. The minimum atomic E-state index is -0.631. The molecule has 0 radical (unpaired) electrons. The molecular weight excluding hydrogens is 316 g/mol. The highest BCUT2D eigenvalue weighted by Gasteiger charge is 2.27. The molecule has 0 fully saturated rings. The zero-order valence-corrected chi connectivity index (χ0v) is 13.6. The quantitative estimate of drug-likeness (QED) is 0.775. The van der Waals surface area contributed by atoms with Gasteiger partial charge in [0.05, 0.1) is 5.25 Å². The summed E-state index contributed by atoms with van der Waals surface area (Å²) >= 11 is 1.12. The van der Waals surface area contributed by atoms with E-state index in [4.69, 9.17) is 0 Å². The molecular formula is C18H17F2NOS. The fourth-order valence-electron chi connectivity index (χ4n) is 2.79. The van der Waals surface area contributed by atoms with Crippen molar-refractivity contribution in [2.75, 3.05) is 11.4 Å². The molecule has 1 unspecified atom stereocenters. The number of carbonyl (C=O) groups excluding carboxylic acids is 1. The summed E-state index contributed by atoms with van der Waals surface area (Å²) in [5.74, 6) is -1.30. The lowest BCUT2D eigenvalue weighted by Gasteiger charge is -2.31. The number of carbonyl (C=O) groups is 1. The van der Waals surface area contributed by atoms with Gasteiger partial charge in [-0.3, -0.25) is 4.79 Å². The van der Waals surface area contributed by atoms with Crippen LogP contribution in [0, 0.1) is 11.6 Å². The highest BCUT2D eigenvalue weighted by molar-refractivity contribution is 8.00. The Hall–Kier alpha value is -1.88. The van der Waals surface area contributed by atoms with Gasteiger partial charge >= 0.3 is 0 Å². The molecule has 120 valence electrons. The second kappa shape index (κ2) is 6.71. The highest BCUT2D eigenvalue weighted by atomic mass is 32.2. The molecule has 0 aliphatic carbocycles. The van der Waals surface area contributed by atoms with Crippen molar-refractivity contribution in [2.24, 2.45) is 0 Å². The molecule has 0 spiro atoms. The Morgan fingerprint density at radius 2 is 2.00 bits per heavy atom. The van der Waals surface area contributed by atoms with E-state index in [1.165, 1.54) is 12.1 Å². The van der Waals surface area contributed by atoms with Crippen LogP contribution < -0.4 is 4.90 Å². The molecule has 0 N–H and O–H groups in total. The molecule has 1 heterocycles. The fraction of sp³-hybridized carbons (Fsp3) is 0.278. The summed E-state index contributed by atoms with van der Waals surface area (Å²) < 4.78 is 26.7. The second-order valence-electron chi connectivity index (χ2n) is 5.56. The zero-order chi connectivity index (χ0) is 16.4. The van der Waals surface area contributed by atoms with Crippen LogP contribution in [0.3, 0.4) is 0 Å². The monoisotopic (exact) mass is 333 g/mol. The molecule has 0 saturated heterocycles. The van der Waals surface area contributed by atoms with Crippen LogP contribution in [0.15, 0.2) is 47.4 Å². The zero-order valence-electron chi connectivity index (χ0n) is 12.8. The van der Waals surface area contributed by atoms with Crippen molar-refractivity contribution in [1.82, 2.24) is 0 Å². The number of rotatable bonds is 3. The van der Waals surface area contributed by atoms with Crippen molar-refractivity contribution >= 4 is 23.4 Å². The number of halogens is 2. The third-order valence-electron chi connectivity index (χ3n) is 3.92. The van der Waals surface area contributed by atoms with Crippen LogP contribution in [-0.2, 0) is 11.2 Å². The second-order valence-corrected chi connectivity index (χ2v) is 6.94. The summed E-state index contributed by atoms with van der Waals surface area (Å²) in [5.41, 5.74) is 2.10. The molecule has 5 heteroatoms. The van der Waals surface area contributed by atoms with E-state index in [0.717, 1.165) is 41.9 Å². The number of benzene rings is 2. The average Bonchev–Trinajstić information content (AvgIpc) is 2.56. The van der Waals surface area contributed by atoms with Crippen LogP contribution in [0.1, 0.15) is 18.9 Å². The summed E-state index contributed by atoms with van der Waals surface area (Å²) in [4.78, 5) is 14.8. The van der Waals surface area contributed by atoms with Gasteiger partial charge in [-0.05, 0) is 43.5 Å². The van der Waals surface area contributed by atoms with E-state index in [0.29, 0.717) is 6.54 Å². The number of fused-ring (bicyclic) bond motifs is 1. The van der Waals surface area contributed by atoms with Crippen molar-refractivity contribution in [3.8, 4) is 0 Å². The van der Waals surface area contributed by atoms with Gasteiger partial charge in [0, 0.05) is 23.2 Å². The summed E-state index contributed by atoms with van der Waals surface area (Å²) in [6.07, 6.45) is 1.89. The maximum absolute atomic E-state index is 13.8. The van der Waals surface area contributed by atoms with Gasteiger partial charge < -0.3 is 4.90 Å². The molecule has 0 bridgehead atoms. The van der Waals surface area contributed by atoms with Crippen molar-refractivity contribution in [2.45, 2.75) is 29.9 Å². The Labute approximate surface area is 138 Å². The van der Waals surface area contributed by atoms with E-state index in [2.05, 4.69) is 0 Å². The number of anilines is 1. The predicted molar refractivity (Wildman–Crippen MR) is 88.8 cm³/mol. The number of hydrogen-bond donors (Lipinski definition) is 0. The molecule has 1 amide bonds. The third kappa shape index (κ3) is 3.39. The number of aryl methyl sites for hydroxylation is 1. The maximum atomic E-state index is 13.8. The molecule has 2 nitrogen and oxygen atoms in total. The third-order valence-corrected chi connectivity index (χ3v) is 5.06. The van der Waals surface area contributed by atoms with Crippen LogP contribution in [0.2, 0.25) is 0 Å². The lowest BCUT2D eigenvalue weighted by molar-refractivity contribution is -0.117. The van der Waals surface area contributed by atoms with Crippen molar-refractivity contribution in [1.29, 1.82) is 0 Å². The van der Waals surface area contributed by atoms with Gasteiger partial charge in [0.1, 0.15) is 11.6 Å². The number of amides is 1. The highest BCUT2D eigenvalue weighted by Crippen LogP contribution is 2.32. The number of para-hydroxylation sites is 1. The molecule has 3 rings (SSSR count). The van der Waals surface area contributed by atoms with Crippen LogP contribution >= 0.6 is 11.8 Å². The Bertz CT molecular complexity index is 735. The summed E-state index contributed by atoms with van der Waals surface area (Å²) in [5, 5.41) is -0.443. The first kappa shape index (κ1) is 16.0. The van der Waals surface area contributed by atoms with E-state index in [-0.39, 0.29) is 10.8 Å². The van der Waals surface area contributed by atoms with Crippen molar-refractivity contribution in [3.05, 3.63) is 59.7 Å². The average molecular weight is 333 g/mol. The number of hydrogen-bond acceptors (Lipinski definition) is 2. The lowest BCUT2D eigenvalue weighted by atomic mass is 10.0. The van der Waals surface area contributed by atoms with Gasteiger partial charge in [-0.2, -0.15) is 0 Å². The van der Waals surface area contributed by atoms with E-state index >= 15 is 0 Å². The van der Waals surface area contributed by atoms with Gasteiger partial charge in [-0.25, -0.2) is 8.78 Å². The van der Waals surface area contributed by atoms with Gasteiger partial charge in [0.25, 0.3) is 0 Å². The Kier molecular flexibility index (Phi) is 4.66. The Morgan fingerprint density at radius 1 is 1.22 bits per heavy atom. The first-order valence-corrected chi connectivity index (χ1v) is 8.45. The lowest BCUT2D eigenvalue weighted by Crippen LogP contribution is -2.40. The SMILES string of the molecule is CC(Sc1ccc(F)cc1F)C(=O)N1CCCc2ccccc21. The summed E-state index contributed by atoms with van der Waals surface area (Å²) in [6, 6.07) is 11.3. The molecule has 0 aromatic heterocycles. The molecule has 1 aliphatic heterocycles. The maximum Gasteiger partial charge on any atom is 0.240 e. The topological polar surface area (TPSA) is 20.3 Å². The number of thioether (sulfide) groups is 1. The minimum Gasteiger partial charge on any atom is -0.311 e. The first-order valence-electron chi connectivity index (χ1n) is 7.57. The van der Waals surface area contributed by atoms with Gasteiger partial charge in [-0.15, -0.1) is 11.8 Å². The predicted octanol–water partition coefficient (Wildman–Crippen LogP) is 4.42. The smallest absolute Gasteiger partial charge is 0.240 e. The first-order chi connectivity index (χ1) is 11.1. The summed E-state index contributed by atoms with van der Waals surface area (Å²) in [6.45, 7) is 2.43. The van der Waals surface area contributed by atoms with Gasteiger partial charge in [-0.1, -0.05) is 18.2 Å². The molecule has 1 aliphatic rings. The van der Waals surface area contributed by atoms with Gasteiger partial charge in [0.2, 0.25) is 5.91 Å². The largest absolute Gasteiger partial charge is 0.311 e. The Morgan fingerprint density at radius 3 is 2.78 bits per heavy atom. The van der Waals surface area contributed by atoms with Crippen molar-refractivity contribution in [3.63, 3.8) is 0 Å². The molecule has 0 saturated carbocycles. The van der Waals surface area contributed by atoms with E-state index in [1.54, 1.807) is 11.8 Å². The van der Waals surface area contributed by atoms with Crippen LogP contribution in [0.5, 0.6) is 0 Å². The minimum absolute atomic E-state index is 0.0501. The molecule has 1 atom stereocenters. The van der Waals surface area contributed by atoms with E-state index in [1.807, 2.05) is 24.3 Å². The number of nitrogens with zero attached hydrogens (tertiary/aromatic N) is 1. The Balaban J connectivity index is 1.78. The molecule has 2 aromatic carbocycles. The van der Waals surface area contributed by atoms with Crippen LogP contribution in [0.25, 0.3) is 0 Å². The van der Waals surface area contributed by atoms with E-state index in [9.17, 15) is 13.6 Å². The van der Waals surface area contributed by atoms with Gasteiger partial charge in [0.15, 0.2) is 0 Å².